The lowest BCUT2D eigenvalue weighted by molar-refractivity contribution is 0.104. The first-order valence-electron chi connectivity index (χ1n) is 10.8. The number of carbonyl (C=O) groups excluding carboxylic acids is 1. The summed E-state index contributed by atoms with van der Waals surface area (Å²) in [5.41, 5.74) is 7.25. The van der Waals surface area contributed by atoms with Gasteiger partial charge in [-0.3, -0.25) is 4.79 Å². The summed E-state index contributed by atoms with van der Waals surface area (Å²) in [7, 11) is 2.06. The topological polar surface area (TPSA) is 67.9 Å². The first-order valence-corrected chi connectivity index (χ1v) is 10.8. The normalized spacial score (nSPS) is 16.5. The number of para-hydroxylation sites is 1. The molecule has 0 fully saturated rings. The summed E-state index contributed by atoms with van der Waals surface area (Å²) < 4.78 is 0. The van der Waals surface area contributed by atoms with Gasteiger partial charge in [-0.05, 0) is 46.5 Å². The van der Waals surface area contributed by atoms with Crippen LogP contribution in [0.25, 0.3) is 11.6 Å². The summed E-state index contributed by atoms with van der Waals surface area (Å²) >= 11 is 0. The number of nitrogens with zero attached hydrogens (tertiary/aromatic N) is 3. The van der Waals surface area contributed by atoms with Crippen LogP contribution in [-0.2, 0) is 5.41 Å². The second-order valence-electron chi connectivity index (χ2n) is 8.88. The maximum absolute atomic E-state index is 13.3. The monoisotopic (exact) mass is 427 g/mol. The van der Waals surface area contributed by atoms with Gasteiger partial charge in [0.2, 0.25) is 0 Å². The van der Waals surface area contributed by atoms with E-state index in [2.05, 4.69) is 62.2 Å². The molecule has 0 spiro atoms. The van der Waals surface area contributed by atoms with Crippen molar-refractivity contribution in [3.05, 3.63) is 106 Å². The molecule has 3 aromatic rings. The second kappa shape index (κ2) is 7.33. The van der Waals surface area contributed by atoms with E-state index >= 15 is 0 Å². The minimum absolute atomic E-state index is 0.0495. The third-order valence-electron chi connectivity index (χ3n) is 6.73. The highest BCUT2D eigenvalue weighted by atomic mass is 16.1. The molecule has 4 heteroatoms. The fourth-order valence-electron chi connectivity index (χ4n) is 5.02. The molecule has 33 heavy (non-hydrogen) atoms. The predicted molar refractivity (Wildman–Crippen MR) is 130 cm³/mol. The number of allylic oxidation sites excluding steroid dienone is 3. The SMILES string of the molecule is CN1c2ccccc2C(C)(C)c2cc(/C=C3\C(=O)c4ccccc4C3=C(C#N)C#N)ccc21. The molecule has 0 aromatic heterocycles. The second-order valence-corrected chi connectivity index (χ2v) is 8.88. The van der Waals surface area contributed by atoms with Gasteiger partial charge >= 0.3 is 0 Å². The number of fused-ring (bicyclic) bond motifs is 3. The van der Waals surface area contributed by atoms with E-state index < -0.39 is 0 Å². The number of ketones is 1. The molecule has 2 aliphatic rings. The van der Waals surface area contributed by atoms with E-state index in [-0.39, 0.29) is 16.8 Å². The number of rotatable bonds is 1. The molecular weight excluding hydrogens is 406 g/mol. The Morgan fingerprint density at radius 1 is 0.879 bits per heavy atom. The van der Waals surface area contributed by atoms with Gasteiger partial charge in [0, 0.05) is 40.5 Å². The summed E-state index contributed by atoms with van der Waals surface area (Å²) in [6, 6.07) is 25.7. The fraction of sp³-hybridized carbons (Fsp3) is 0.138. The average molecular weight is 428 g/mol. The number of benzene rings is 3. The standard InChI is InChI=1S/C29H21N3O/c1-29(2)23-10-6-7-11-25(23)32(3)26-13-12-18(15-24(26)29)14-22-27(19(16-30)17-31)20-8-4-5-9-21(20)28(22)33/h4-15H,1-3H3/b22-14-. The molecule has 0 unspecified atom stereocenters. The number of nitriles is 2. The fourth-order valence-corrected chi connectivity index (χ4v) is 5.02. The van der Waals surface area contributed by atoms with E-state index in [1.54, 1.807) is 18.2 Å². The lowest BCUT2D eigenvalue weighted by atomic mass is 9.73. The van der Waals surface area contributed by atoms with Crippen LogP contribution in [-0.4, -0.2) is 12.8 Å². The molecule has 0 saturated carbocycles. The Morgan fingerprint density at radius 2 is 1.52 bits per heavy atom. The van der Waals surface area contributed by atoms with E-state index in [4.69, 9.17) is 0 Å². The maximum atomic E-state index is 13.3. The van der Waals surface area contributed by atoms with Crippen LogP contribution in [0.15, 0.2) is 77.9 Å². The van der Waals surface area contributed by atoms with E-state index in [0.29, 0.717) is 22.3 Å². The Labute approximate surface area is 193 Å². The minimum atomic E-state index is -0.223. The zero-order valence-electron chi connectivity index (χ0n) is 18.7. The van der Waals surface area contributed by atoms with Gasteiger partial charge in [-0.25, -0.2) is 0 Å². The molecule has 158 valence electrons. The number of anilines is 2. The average Bonchev–Trinajstić information content (AvgIpc) is 3.10. The summed E-state index contributed by atoms with van der Waals surface area (Å²) in [5, 5.41) is 19.1. The minimum Gasteiger partial charge on any atom is -0.344 e. The molecule has 0 saturated heterocycles. The van der Waals surface area contributed by atoms with Crippen molar-refractivity contribution >= 4 is 28.8 Å². The first-order chi connectivity index (χ1) is 15.9. The summed E-state index contributed by atoms with van der Waals surface area (Å²) in [6.45, 7) is 4.42. The highest BCUT2D eigenvalue weighted by Crippen LogP contribution is 2.48. The molecule has 4 nitrogen and oxygen atoms in total. The Morgan fingerprint density at radius 3 is 2.24 bits per heavy atom. The van der Waals surface area contributed by atoms with Crippen LogP contribution in [0, 0.1) is 22.7 Å². The van der Waals surface area contributed by atoms with Crippen LogP contribution in [0.1, 0.15) is 46.5 Å². The molecule has 0 bridgehead atoms. The summed E-state index contributed by atoms with van der Waals surface area (Å²) in [4.78, 5) is 15.4. The number of Topliss-reactive ketones (excluding diaryl/α,β-unsaturated/α-hetero) is 1. The summed E-state index contributed by atoms with van der Waals surface area (Å²) in [6.07, 6.45) is 1.81. The first kappa shape index (κ1) is 20.5. The van der Waals surface area contributed by atoms with Crippen LogP contribution in [0.3, 0.4) is 0 Å². The van der Waals surface area contributed by atoms with Crippen LogP contribution in [0.5, 0.6) is 0 Å². The molecule has 0 atom stereocenters. The van der Waals surface area contributed by atoms with Gasteiger partial charge in [-0.15, -0.1) is 0 Å². The van der Waals surface area contributed by atoms with Crippen molar-refractivity contribution in [2.24, 2.45) is 0 Å². The van der Waals surface area contributed by atoms with Crippen LogP contribution >= 0.6 is 0 Å². The zero-order valence-corrected chi connectivity index (χ0v) is 18.7. The molecule has 1 aliphatic carbocycles. The zero-order chi connectivity index (χ0) is 23.3. The van der Waals surface area contributed by atoms with E-state index in [9.17, 15) is 15.3 Å². The van der Waals surface area contributed by atoms with Gasteiger partial charge in [0.25, 0.3) is 0 Å². The number of hydrogen-bond donors (Lipinski definition) is 0. The number of carbonyl (C=O) groups is 1. The highest BCUT2D eigenvalue weighted by molar-refractivity contribution is 6.29. The largest absolute Gasteiger partial charge is 0.344 e. The Hall–Kier alpha value is -4.41. The van der Waals surface area contributed by atoms with Gasteiger partial charge in [0.15, 0.2) is 5.78 Å². The quantitative estimate of drug-likeness (QED) is 0.344. The van der Waals surface area contributed by atoms with Crippen molar-refractivity contribution in [2.45, 2.75) is 19.3 Å². The van der Waals surface area contributed by atoms with E-state index in [1.807, 2.05) is 30.3 Å². The van der Waals surface area contributed by atoms with Crippen molar-refractivity contribution in [1.82, 2.24) is 0 Å². The van der Waals surface area contributed by atoms with Gasteiger partial charge in [-0.2, -0.15) is 10.5 Å². The third kappa shape index (κ3) is 2.93. The molecule has 0 radical (unpaired) electrons. The van der Waals surface area contributed by atoms with Gasteiger partial charge in [-0.1, -0.05) is 62.4 Å². The maximum Gasteiger partial charge on any atom is 0.194 e. The van der Waals surface area contributed by atoms with Crippen molar-refractivity contribution in [3.63, 3.8) is 0 Å². The van der Waals surface area contributed by atoms with Crippen LogP contribution < -0.4 is 4.90 Å². The Bertz CT molecular complexity index is 1480. The predicted octanol–water partition coefficient (Wildman–Crippen LogP) is 6.17. The smallest absolute Gasteiger partial charge is 0.194 e. The van der Waals surface area contributed by atoms with Crippen LogP contribution in [0.2, 0.25) is 0 Å². The van der Waals surface area contributed by atoms with Crippen molar-refractivity contribution < 1.29 is 4.79 Å². The molecule has 0 amide bonds. The molecule has 5 rings (SSSR count). The highest BCUT2D eigenvalue weighted by Gasteiger charge is 2.36. The molecule has 1 aliphatic heterocycles. The number of hydrogen-bond acceptors (Lipinski definition) is 4. The van der Waals surface area contributed by atoms with Crippen molar-refractivity contribution in [3.8, 4) is 12.1 Å². The van der Waals surface area contributed by atoms with Gasteiger partial charge < -0.3 is 4.90 Å². The van der Waals surface area contributed by atoms with Crippen molar-refractivity contribution in [2.75, 3.05) is 11.9 Å². The lowest BCUT2D eigenvalue weighted by Crippen LogP contribution is -2.30. The molecule has 1 heterocycles. The lowest BCUT2D eigenvalue weighted by Gasteiger charge is -2.40. The van der Waals surface area contributed by atoms with E-state index in [0.717, 1.165) is 16.8 Å². The third-order valence-corrected chi connectivity index (χ3v) is 6.73. The van der Waals surface area contributed by atoms with Crippen LogP contribution in [0.4, 0.5) is 11.4 Å². The van der Waals surface area contributed by atoms with Gasteiger partial charge in [0.05, 0.1) is 0 Å². The van der Waals surface area contributed by atoms with E-state index in [1.165, 1.54) is 11.3 Å². The molecule has 3 aromatic carbocycles. The molecule has 0 N–H and O–H groups in total. The molecular formula is C29H21N3O. The summed E-state index contributed by atoms with van der Waals surface area (Å²) in [5.74, 6) is -0.164. The Kier molecular flexibility index (Phi) is 4.55. The van der Waals surface area contributed by atoms with Gasteiger partial charge in [0.1, 0.15) is 17.7 Å². The van der Waals surface area contributed by atoms with Crippen molar-refractivity contribution in [1.29, 1.82) is 10.5 Å². The Balaban J connectivity index is 1.70.